The lowest BCUT2D eigenvalue weighted by molar-refractivity contribution is -0.117. The highest BCUT2D eigenvalue weighted by molar-refractivity contribution is 5.89. The minimum Gasteiger partial charge on any atom is -0.473 e. The highest BCUT2D eigenvalue weighted by atomic mass is 16.7. The maximum absolute atomic E-state index is 11.3. The summed E-state index contributed by atoms with van der Waals surface area (Å²) >= 11 is 0. The van der Waals surface area contributed by atoms with Crippen LogP contribution in [-0.4, -0.2) is 19.8 Å². The molecule has 4 nitrogen and oxygen atoms in total. The van der Waals surface area contributed by atoms with Crippen LogP contribution >= 0.6 is 0 Å². The summed E-state index contributed by atoms with van der Waals surface area (Å²) in [5.74, 6) is -0.148. The number of rotatable bonds is 5. The minimum absolute atomic E-state index is 0.136. The second kappa shape index (κ2) is 6.73. The minimum atomic E-state index is -0.148. The van der Waals surface area contributed by atoms with Gasteiger partial charge in [-0.2, -0.15) is 0 Å². The Hall–Kier alpha value is -2.33. The van der Waals surface area contributed by atoms with Gasteiger partial charge in [0, 0.05) is 19.6 Å². The van der Waals surface area contributed by atoms with E-state index in [1.165, 1.54) is 13.2 Å². The molecule has 1 amide bonds. The number of fused-ring (bicyclic) bond motifs is 1. The van der Waals surface area contributed by atoms with Gasteiger partial charge in [0.15, 0.2) is 6.79 Å². The fourth-order valence-electron chi connectivity index (χ4n) is 1.90. The molecule has 0 saturated carbocycles. The van der Waals surface area contributed by atoms with Crippen molar-refractivity contribution in [1.29, 1.82) is 0 Å². The van der Waals surface area contributed by atoms with Crippen molar-refractivity contribution < 1.29 is 14.3 Å². The van der Waals surface area contributed by atoms with Gasteiger partial charge >= 0.3 is 0 Å². The van der Waals surface area contributed by atoms with Crippen molar-refractivity contribution >= 4 is 22.4 Å². The molecule has 0 aliphatic heterocycles. The van der Waals surface area contributed by atoms with Crippen molar-refractivity contribution in [2.75, 3.05) is 13.9 Å². The molecule has 0 aliphatic rings. The van der Waals surface area contributed by atoms with Crippen LogP contribution in [0.25, 0.3) is 16.5 Å². The summed E-state index contributed by atoms with van der Waals surface area (Å²) in [6, 6.07) is 14.0. The van der Waals surface area contributed by atoms with E-state index in [9.17, 15) is 4.79 Å². The summed E-state index contributed by atoms with van der Waals surface area (Å²) in [6.45, 7) is 1.60. The van der Waals surface area contributed by atoms with Crippen molar-refractivity contribution in [3.63, 3.8) is 0 Å². The molecule has 0 aliphatic carbocycles. The van der Waals surface area contributed by atoms with Crippen LogP contribution in [0.4, 0.5) is 0 Å². The first kappa shape index (κ1) is 14.1. The predicted octanol–water partition coefficient (Wildman–Crippen LogP) is 2.89. The van der Waals surface area contributed by atoms with E-state index in [0.717, 1.165) is 16.3 Å². The Morgan fingerprint density at radius 2 is 1.95 bits per heavy atom. The van der Waals surface area contributed by atoms with Crippen LogP contribution in [0, 0.1) is 0 Å². The normalized spacial score (nSPS) is 11.4. The number of carbonyl (C=O) groups excluding carboxylic acids is 1. The van der Waals surface area contributed by atoms with E-state index < -0.39 is 0 Å². The Kier molecular flexibility index (Phi) is 4.74. The fraction of sp³-hybridized carbons (Fsp3) is 0.188. The van der Waals surface area contributed by atoms with Crippen molar-refractivity contribution in [2.24, 2.45) is 0 Å². The second-order valence-corrected chi connectivity index (χ2v) is 4.35. The summed E-state index contributed by atoms with van der Waals surface area (Å²) in [5, 5.41) is 5.02. The zero-order valence-corrected chi connectivity index (χ0v) is 11.6. The van der Waals surface area contributed by atoms with Crippen molar-refractivity contribution in [1.82, 2.24) is 5.32 Å². The smallest absolute Gasteiger partial charge is 0.221 e. The molecule has 0 aromatic heterocycles. The molecule has 20 heavy (non-hydrogen) atoms. The van der Waals surface area contributed by atoms with Gasteiger partial charge in [-0.15, -0.1) is 0 Å². The third-order valence-corrected chi connectivity index (χ3v) is 2.76. The molecule has 2 aromatic rings. The third kappa shape index (κ3) is 3.59. The summed E-state index contributed by atoms with van der Waals surface area (Å²) in [7, 11) is 1.54. The molecule has 0 atom stereocenters. The van der Waals surface area contributed by atoms with Gasteiger partial charge in [0.2, 0.25) is 5.91 Å². The number of ether oxygens (including phenoxy) is 2. The molecule has 2 aromatic carbocycles. The molecule has 0 unspecified atom stereocenters. The average Bonchev–Trinajstić information content (AvgIpc) is 2.45. The van der Waals surface area contributed by atoms with Crippen LogP contribution in [0.1, 0.15) is 12.5 Å². The monoisotopic (exact) mass is 271 g/mol. The maximum atomic E-state index is 11.3. The number of methoxy groups -OCH3 is 1. The molecule has 4 heteroatoms. The Morgan fingerprint density at radius 1 is 1.20 bits per heavy atom. The van der Waals surface area contributed by atoms with E-state index in [2.05, 4.69) is 5.32 Å². The van der Waals surface area contributed by atoms with Gasteiger partial charge in [0.05, 0.1) is 5.70 Å². The first-order valence-electron chi connectivity index (χ1n) is 6.28. The summed E-state index contributed by atoms with van der Waals surface area (Å²) in [6.07, 6.45) is 1.50. The van der Waals surface area contributed by atoms with Gasteiger partial charge < -0.3 is 14.8 Å². The largest absolute Gasteiger partial charge is 0.473 e. The molecule has 0 radical (unpaired) electrons. The van der Waals surface area contributed by atoms with Crippen LogP contribution in [0.15, 0.2) is 48.7 Å². The van der Waals surface area contributed by atoms with Crippen LogP contribution in [0.2, 0.25) is 0 Å². The zero-order chi connectivity index (χ0) is 14.4. The number of carbonyl (C=O) groups is 1. The van der Waals surface area contributed by atoms with Gasteiger partial charge in [-0.25, -0.2) is 0 Å². The fourth-order valence-corrected chi connectivity index (χ4v) is 1.90. The lowest BCUT2D eigenvalue weighted by Gasteiger charge is -2.10. The first-order chi connectivity index (χ1) is 9.70. The lowest BCUT2D eigenvalue weighted by atomic mass is 10.1. The van der Waals surface area contributed by atoms with Crippen LogP contribution < -0.4 is 5.32 Å². The summed E-state index contributed by atoms with van der Waals surface area (Å²) in [4.78, 5) is 11.3. The number of benzene rings is 2. The molecular formula is C16H17NO3. The first-order valence-corrected chi connectivity index (χ1v) is 6.28. The molecule has 1 N–H and O–H groups in total. The van der Waals surface area contributed by atoms with Crippen LogP contribution in [0.5, 0.6) is 0 Å². The Bertz CT molecular complexity index is 634. The van der Waals surface area contributed by atoms with Crippen molar-refractivity contribution in [3.8, 4) is 0 Å². The van der Waals surface area contributed by atoms with Crippen molar-refractivity contribution in [3.05, 3.63) is 54.3 Å². The summed E-state index contributed by atoms with van der Waals surface area (Å²) in [5.41, 5.74) is 1.50. The second-order valence-electron chi connectivity index (χ2n) is 4.35. The molecule has 0 bridgehead atoms. The van der Waals surface area contributed by atoms with E-state index in [1.54, 1.807) is 7.11 Å². The average molecular weight is 271 g/mol. The standard InChI is InChI=1S/C16H17NO3/c1-12(18)17-16(10-20-11-19-2)15-8-7-13-5-3-4-6-14(13)9-15/h3-10H,11H2,1-2H3,(H,17,18)/b16-10+. The quantitative estimate of drug-likeness (QED) is 0.517. The van der Waals surface area contributed by atoms with Gasteiger partial charge in [-0.1, -0.05) is 36.4 Å². The maximum Gasteiger partial charge on any atom is 0.221 e. The molecular weight excluding hydrogens is 254 g/mol. The molecule has 0 fully saturated rings. The Balaban J connectivity index is 2.34. The van der Waals surface area contributed by atoms with E-state index in [1.807, 2.05) is 42.5 Å². The molecule has 0 spiro atoms. The van der Waals surface area contributed by atoms with Gasteiger partial charge in [-0.05, 0) is 16.8 Å². The molecule has 2 rings (SSSR count). The molecule has 104 valence electrons. The van der Waals surface area contributed by atoms with Crippen LogP contribution in [-0.2, 0) is 14.3 Å². The van der Waals surface area contributed by atoms with Gasteiger partial charge in [0.1, 0.15) is 6.26 Å². The molecule has 0 heterocycles. The van der Waals surface area contributed by atoms with Crippen LogP contribution in [0.3, 0.4) is 0 Å². The summed E-state index contributed by atoms with van der Waals surface area (Å²) < 4.78 is 10.0. The zero-order valence-electron chi connectivity index (χ0n) is 11.6. The topological polar surface area (TPSA) is 47.6 Å². The van der Waals surface area contributed by atoms with Gasteiger partial charge in [-0.3, -0.25) is 4.79 Å². The number of nitrogens with one attached hydrogen (secondary N) is 1. The Labute approximate surface area is 118 Å². The number of hydrogen-bond donors (Lipinski definition) is 1. The van der Waals surface area contributed by atoms with Gasteiger partial charge in [0.25, 0.3) is 0 Å². The highest BCUT2D eigenvalue weighted by Crippen LogP contribution is 2.20. The Morgan fingerprint density at radius 3 is 2.65 bits per heavy atom. The third-order valence-electron chi connectivity index (χ3n) is 2.76. The highest BCUT2D eigenvalue weighted by Gasteiger charge is 2.05. The number of amides is 1. The van der Waals surface area contributed by atoms with Crippen molar-refractivity contribution in [2.45, 2.75) is 6.92 Å². The van der Waals surface area contributed by atoms with E-state index in [4.69, 9.17) is 9.47 Å². The van der Waals surface area contributed by atoms with E-state index in [0.29, 0.717) is 5.70 Å². The predicted molar refractivity (Wildman–Crippen MR) is 78.7 cm³/mol. The van der Waals surface area contributed by atoms with E-state index in [-0.39, 0.29) is 12.7 Å². The lowest BCUT2D eigenvalue weighted by Crippen LogP contribution is -2.18. The SMILES string of the molecule is COCO/C=C(/NC(C)=O)c1ccc2ccccc2c1. The van der Waals surface area contributed by atoms with E-state index >= 15 is 0 Å². The number of hydrogen-bond acceptors (Lipinski definition) is 3. The molecule has 0 saturated heterocycles.